The quantitative estimate of drug-likeness (QED) is 0.379. The molecule has 1 heterocycles. The molecular weight excluding hydrogens is 276 g/mol. The van der Waals surface area contributed by atoms with Crippen LogP contribution in [0.1, 0.15) is 0 Å². The van der Waals surface area contributed by atoms with Crippen molar-refractivity contribution in [3.05, 3.63) is 23.6 Å². The van der Waals surface area contributed by atoms with Gasteiger partial charge in [0.15, 0.2) is 17.5 Å². The molecule has 2 rings (SSSR count). The highest BCUT2D eigenvalue weighted by atomic mass is 35.5. The monoisotopic (exact) mass is 286 g/mol. The molecule has 1 aromatic heterocycles. The molecule has 96 valence electrons. The zero-order chi connectivity index (χ0) is 12.4. The van der Waals surface area contributed by atoms with E-state index in [9.17, 15) is 10.2 Å². The molecule has 0 spiro atoms. The van der Waals surface area contributed by atoms with Gasteiger partial charge >= 0.3 is 0 Å². The van der Waals surface area contributed by atoms with Crippen molar-refractivity contribution in [1.82, 2.24) is 4.98 Å². The Balaban J connectivity index is 0.00000162. The van der Waals surface area contributed by atoms with Crippen LogP contribution in [0, 0.1) is 0 Å². The van der Waals surface area contributed by atoms with Crippen molar-refractivity contribution in [2.75, 3.05) is 0 Å². The van der Waals surface area contributed by atoms with Crippen LogP contribution in [0.3, 0.4) is 0 Å². The van der Waals surface area contributed by atoms with E-state index < -0.39 is 0 Å². The molecular formula is C10H11ClN4O2S. The van der Waals surface area contributed by atoms with Crippen molar-refractivity contribution in [3.8, 4) is 22.8 Å². The standard InChI is InChI=1S/C10H10N4O2S.ClH/c11-9(12)14-10-13-6(4-17-10)5-1-2-7(15)8(16)3-5;/h1-4,15-16H,(H4,11,12,13,14);1H. The Kier molecular flexibility index (Phi) is 4.35. The summed E-state index contributed by atoms with van der Waals surface area (Å²) in [5.41, 5.74) is 11.8. The van der Waals surface area contributed by atoms with Gasteiger partial charge in [-0.1, -0.05) is 0 Å². The van der Waals surface area contributed by atoms with Crippen LogP contribution in [0.2, 0.25) is 0 Å². The second kappa shape index (κ2) is 5.56. The van der Waals surface area contributed by atoms with Gasteiger partial charge in [-0.05, 0) is 18.2 Å². The molecule has 0 saturated heterocycles. The number of rotatable bonds is 2. The fourth-order valence-electron chi connectivity index (χ4n) is 1.24. The minimum absolute atomic E-state index is 0. The Labute approximate surface area is 113 Å². The Bertz CT molecular complexity index is 581. The highest BCUT2D eigenvalue weighted by Gasteiger charge is 2.07. The van der Waals surface area contributed by atoms with Crippen molar-refractivity contribution < 1.29 is 10.2 Å². The summed E-state index contributed by atoms with van der Waals surface area (Å²) in [7, 11) is 0. The highest BCUT2D eigenvalue weighted by Crippen LogP contribution is 2.32. The number of halogens is 1. The van der Waals surface area contributed by atoms with Gasteiger partial charge in [0.2, 0.25) is 5.13 Å². The second-order valence-corrected chi connectivity index (χ2v) is 4.09. The Morgan fingerprint density at radius 1 is 1.22 bits per heavy atom. The minimum Gasteiger partial charge on any atom is -0.504 e. The van der Waals surface area contributed by atoms with Gasteiger partial charge in [-0.2, -0.15) is 4.99 Å². The molecule has 0 atom stereocenters. The van der Waals surface area contributed by atoms with E-state index in [1.807, 2.05) is 0 Å². The van der Waals surface area contributed by atoms with E-state index in [1.54, 1.807) is 11.4 Å². The number of aliphatic imine (C=N–C) groups is 1. The lowest BCUT2D eigenvalue weighted by Crippen LogP contribution is -2.21. The first-order chi connectivity index (χ1) is 8.06. The lowest BCUT2D eigenvalue weighted by Gasteiger charge is -1.99. The van der Waals surface area contributed by atoms with Crippen LogP contribution >= 0.6 is 23.7 Å². The number of hydrogen-bond donors (Lipinski definition) is 4. The van der Waals surface area contributed by atoms with Gasteiger partial charge in [-0.3, -0.25) is 0 Å². The van der Waals surface area contributed by atoms with E-state index in [4.69, 9.17) is 11.5 Å². The number of hydrogen-bond acceptors (Lipinski definition) is 5. The van der Waals surface area contributed by atoms with Crippen LogP contribution in [0.5, 0.6) is 11.5 Å². The molecule has 6 N–H and O–H groups in total. The van der Waals surface area contributed by atoms with Gasteiger partial charge in [0, 0.05) is 10.9 Å². The number of nitrogens with zero attached hydrogens (tertiary/aromatic N) is 2. The Hall–Kier alpha value is -1.99. The first-order valence-corrected chi connectivity index (χ1v) is 5.52. The summed E-state index contributed by atoms with van der Waals surface area (Å²) in [5.74, 6) is -0.424. The predicted octanol–water partition coefficient (Wildman–Crippen LogP) is 1.55. The number of aromatic hydroxyl groups is 2. The average molecular weight is 287 g/mol. The minimum atomic E-state index is -0.195. The molecule has 0 radical (unpaired) electrons. The van der Waals surface area contributed by atoms with Crippen LogP contribution in [0.15, 0.2) is 28.6 Å². The first-order valence-electron chi connectivity index (χ1n) is 4.64. The van der Waals surface area contributed by atoms with E-state index >= 15 is 0 Å². The molecule has 1 aromatic carbocycles. The predicted molar refractivity (Wildman–Crippen MR) is 73.6 cm³/mol. The molecule has 0 bridgehead atoms. The topological polar surface area (TPSA) is 118 Å². The molecule has 0 aliphatic rings. The van der Waals surface area contributed by atoms with Crippen LogP contribution in [0.4, 0.5) is 5.13 Å². The summed E-state index contributed by atoms with van der Waals surface area (Å²) in [6.07, 6.45) is 0. The number of aromatic nitrogens is 1. The first kappa shape index (κ1) is 14.1. The zero-order valence-corrected chi connectivity index (χ0v) is 10.7. The number of phenolic OH excluding ortho intramolecular Hbond substituents is 2. The molecule has 2 aromatic rings. The molecule has 0 unspecified atom stereocenters. The Morgan fingerprint density at radius 3 is 2.56 bits per heavy atom. The lowest BCUT2D eigenvalue weighted by molar-refractivity contribution is 0.404. The van der Waals surface area contributed by atoms with E-state index in [0.29, 0.717) is 16.4 Å². The smallest absolute Gasteiger partial charge is 0.212 e. The van der Waals surface area contributed by atoms with Crippen molar-refractivity contribution >= 4 is 34.8 Å². The number of guanidine groups is 1. The Morgan fingerprint density at radius 2 is 1.94 bits per heavy atom. The molecule has 0 amide bonds. The molecule has 0 aliphatic heterocycles. The van der Waals surface area contributed by atoms with Gasteiger partial charge in [0.1, 0.15) is 0 Å². The summed E-state index contributed by atoms with van der Waals surface area (Å²) in [4.78, 5) is 7.98. The molecule has 0 aliphatic carbocycles. The summed E-state index contributed by atoms with van der Waals surface area (Å²) >= 11 is 1.28. The number of benzene rings is 1. The third-order valence-electron chi connectivity index (χ3n) is 1.99. The third kappa shape index (κ3) is 3.02. The summed E-state index contributed by atoms with van der Waals surface area (Å²) in [6.45, 7) is 0. The van der Waals surface area contributed by atoms with E-state index in [-0.39, 0.29) is 29.9 Å². The molecule has 0 fully saturated rings. The van der Waals surface area contributed by atoms with Gasteiger partial charge in [-0.15, -0.1) is 23.7 Å². The second-order valence-electron chi connectivity index (χ2n) is 3.26. The molecule has 6 nitrogen and oxygen atoms in total. The van der Waals surface area contributed by atoms with Gasteiger partial charge in [0.25, 0.3) is 0 Å². The zero-order valence-electron chi connectivity index (χ0n) is 9.07. The van der Waals surface area contributed by atoms with Crippen molar-refractivity contribution in [3.63, 3.8) is 0 Å². The highest BCUT2D eigenvalue weighted by molar-refractivity contribution is 7.13. The molecule has 18 heavy (non-hydrogen) atoms. The van der Waals surface area contributed by atoms with Gasteiger partial charge < -0.3 is 21.7 Å². The maximum absolute atomic E-state index is 9.37. The van der Waals surface area contributed by atoms with Gasteiger partial charge in [0.05, 0.1) is 5.69 Å². The van der Waals surface area contributed by atoms with E-state index in [0.717, 1.165) is 0 Å². The summed E-state index contributed by atoms with van der Waals surface area (Å²) in [5, 5.41) is 20.8. The summed E-state index contributed by atoms with van der Waals surface area (Å²) < 4.78 is 0. The van der Waals surface area contributed by atoms with Crippen molar-refractivity contribution in [1.29, 1.82) is 0 Å². The van der Waals surface area contributed by atoms with Crippen LogP contribution in [0.25, 0.3) is 11.3 Å². The van der Waals surface area contributed by atoms with E-state index in [2.05, 4.69) is 9.98 Å². The van der Waals surface area contributed by atoms with Crippen molar-refractivity contribution in [2.24, 2.45) is 16.5 Å². The third-order valence-corrected chi connectivity index (χ3v) is 2.72. The fraction of sp³-hybridized carbons (Fsp3) is 0. The maximum atomic E-state index is 9.37. The lowest BCUT2D eigenvalue weighted by atomic mass is 10.1. The largest absolute Gasteiger partial charge is 0.504 e. The number of nitrogens with two attached hydrogens (primary N) is 2. The molecule has 8 heteroatoms. The van der Waals surface area contributed by atoms with Crippen LogP contribution in [-0.4, -0.2) is 21.2 Å². The SMILES string of the molecule is Cl.NC(N)=Nc1nc(-c2ccc(O)c(O)c2)cs1. The average Bonchev–Trinajstić information content (AvgIpc) is 2.69. The van der Waals surface area contributed by atoms with Crippen molar-refractivity contribution in [2.45, 2.75) is 0 Å². The van der Waals surface area contributed by atoms with Crippen LogP contribution in [-0.2, 0) is 0 Å². The van der Waals surface area contributed by atoms with Crippen LogP contribution < -0.4 is 11.5 Å². The summed E-state index contributed by atoms with van der Waals surface area (Å²) in [6, 6.07) is 4.46. The fourth-order valence-corrected chi connectivity index (χ4v) is 1.96. The maximum Gasteiger partial charge on any atom is 0.212 e. The van der Waals surface area contributed by atoms with Gasteiger partial charge in [-0.25, -0.2) is 4.98 Å². The molecule has 0 saturated carbocycles. The number of phenols is 2. The normalized spacial score (nSPS) is 9.56. The van der Waals surface area contributed by atoms with E-state index in [1.165, 1.54) is 23.5 Å². The number of thiazole rings is 1.